The lowest BCUT2D eigenvalue weighted by atomic mass is 10.1. The Balaban J connectivity index is 1.54. The third kappa shape index (κ3) is 4.62. The Morgan fingerprint density at radius 3 is 2.47 bits per heavy atom. The number of ether oxygens (including phenoxy) is 2. The summed E-state index contributed by atoms with van der Waals surface area (Å²) in [4.78, 5) is 37.9. The van der Waals surface area contributed by atoms with Gasteiger partial charge in [0.2, 0.25) is 5.91 Å². The van der Waals surface area contributed by atoms with Crippen LogP contribution in [-0.2, 0) is 16.1 Å². The fourth-order valence-corrected chi connectivity index (χ4v) is 3.40. The van der Waals surface area contributed by atoms with Crippen molar-refractivity contribution in [3.8, 4) is 11.5 Å². The second-order valence-electron chi connectivity index (χ2n) is 7.61. The molecule has 2 fully saturated rings. The number of amides is 2. The number of benzene rings is 2. The van der Waals surface area contributed by atoms with Gasteiger partial charge in [-0.05, 0) is 55.7 Å². The van der Waals surface area contributed by atoms with Crippen molar-refractivity contribution in [1.82, 2.24) is 10.2 Å². The van der Waals surface area contributed by atoms with Crippen molar-refractivity contribution >= 4 is 17.8 Å². The Kier molecular flexibility index (Phi) is 5.70. The predicted molar refractivity (Wildman–Crippen MR) is 109 cm³/mol. The van der Waals surface area contributed by atoms with E-state index in [0.717, 1.165) is 24.8 Å². The van der Waals surface area contributed by atoms with Gasteiger partial charge in [0.25, 0.3) is 5.91 Å². The highest BCUT2D eigenvalue weighted by molar-refractivity contribution is 5.94. The van der Waals surface area contributed by atoms with E-state index in [2.05, 4.69) is 5.32 Å². The highest BCUT2D eigenvalue weighted by Crippen LogP contribution is 2.29. The van der Waals surface area contributed by atoms with Crippen LogP contribution in [0.1, 0.15) is 52.0 Å². The first kappa shape index (κ1) is 19.9. The maximum Gasteiger partial charge on any atom is 0.337 e. The van der Waals surface area contributed by atoms with Crippen molar-refractivity contribution in [2.75, 3.05) is 13.7 Å². The molecule has 7 nitrogen and oxygen atoms in total. The van der Waals surface area contributed by atoms with Crippen molar-refractivity contribution < 1.29 is 23.9 Å². The molecule has 2 aromatic carbocycles. The topological polar surface area (TPSA) is 84.9 Å². The van der Waals surface area contributed by atoms with E-state index >= 15 is 0 Å². The van der Waals surface area contributed by atoms with Crippen molar-refractivity contribution in [2.24, 2.45) is 0 Å². The monoisotopic (exact) mass is 408 g/mol. The van der Waals surface area contributed by atoms with Gasteiger partial charge in [-0.2, -0.15) is 0 Å². The summed E-state index contributed by atoms with van der Waals surface area (Å²) in [5.74, 6) is 0.575. The average molecular weight is 408 g/mol. The van der Waals surface area contributed by atoms with Crippen LogP contribution in [0.25, 0.3) is 0 Å². The molecule has 1 heterocycles. The van der Waals surface area contributed by atoms with E-state index in [-0.39, 0.29) is 11.8 Å². The number of likely N-dealkylation sites (tertiary alicyclic amines) is 1. The number of hydrogen-bond acceptors (Lipinski definition) is 5. The highest BCUT2D eigenvalue weighted by atomic mass is 16.5. The minimum Gasteiger partial charge on any atom is -0.465 e. The van der Waals surface area contributed by atoms with Crippen LogP contribution in [0.2, 0.25) is 0 Å². The van der Waals surface area contributed by atoms with Gasteiger partial charge in [0.15, 0.2) is 0 Å². The number of nitrogens with one attached hydrogen (secondary N) is 1. The SMILES string of the molecule is COC(=O)c1ccc(CN2CCCC2=O)c(Oc2ccc(C(=O)NC3CC3)cc2)c1. The molecule has 0 aromatic heterocycles. The summed E-state index contributed by atoms with van der Waals surface area (Å²) < 4.78 is 10.8. The van der Waals surface area contributed by atoms with E-state index in [9.17, 15) is 14.4 Å². The molecule has 2 aliphatic rings. The van der Waals surface area contributed by atoms with Crippen LogP contribution in [0.4, 0.5) is 0 Å². The summed E-state index contributed by atoms with van der Waals surface area (Å²) in [6.45, 7) is 1.12. The van der Waals surface area contributed by atoms with Crippen LogP contribution < -0.4 is 10.1 Å². The van der Waals surface area contributed by atoms with Gasteiger partial charge in [0, 0.05) is 36.7 Å². The largest absolute Gasteiger partial charge is 0.465 e. The standard InChI is InChI=1S/C23H24N2O5/c1-29-23(28)16-4-5-17(14-25-12-2-3-21(25)26)20(13-16)30-19-10-6-15(7-11-19)22(27)24-18-8-9-18/h4-7,10-11,13,18H,2-3,8-9,12,14H2,1H3,(H,24,27). The van der Waals surface area contributed by atoms with Crippen LogP contribution in [0.15, 0.2) is 42.5 Å². The zero-order valence-electron chi connectivity index (χ0n) is 16.8. The Hall–Kier alpha value is -3.35. The molecular formula is C23H24N2O5. The minimum absolute atomic E-state index is 0.0926. The third-order valence-corrected chi connectivity index (χ3v) is 5.28. The number of rotatable bonds is 7. The molecule has 2 amide bonds. The van der Waals surface area contributed by atoms with Crippen molar-refractivity contribution in [3.05, 3.63) is 59.2 Å². The summed E-state index contributed by atoms with van der Waals surface area (Å²) >= 11 is 0. The Bertz CT molecular complexity index is 966. The van der Waals surface area contributed by atoms with Crippen LogP contribution in [-0.4, -0.2) is 42.4 Å². The molecule has 7 heteroatoms. The number of carbonyl (C=O) groups excluding carboxylic acids is 3. The fraction of sp³-hybridized carbons (Fsp3) is 0.348. The Morgan fingerprint density at radius 2 is 1.83 bits per heavy atom. The number of nitrogens with zero attached hydrogens (tertiary/aromatic N) is 1. The van der Waals surface area contributed by atoms with Crippen LogP contribution in [0.5, 0.6) is 11.5 Å². The summed E-state index contributed by atoms with van der Waals surface area (Å²) in [6, 6.07) is 12.2. The summed E-state index contributed by atoms with van der Waals surface area (Å²) in [7, 11) is 1.32. The molecule has 0 atom stereocenters. The zero-order chi connectivity index (χ0) is 21.1. The number of hydrogen-bond donors (Lipinski definition) is 1. The van der Waals surface area contributed by atoms with Gasteiger partial charge >= 0.3 is 5.97 Å². The molecule has 1 aliphatic heterocycles. The van der Waals surface area contributed by atoms with E-state index in [1.807, 2.05) is 0 Å². The van der Waals surface area contributed by atoms with Crippen molar-refractivity contribution in [3.63, 3.8) is 0 Å². The fourth-order valence-electron chi connectivity index (χ4n) is 3.40. The molecule has 0 unspecified atom stereocenters. The first-order chi connectivity index (χ1) is 14.5. The molecule has 0 radical (unpaired) electrons. The number of esters is 1. The van der Waals surface area contributed by atoms with Gasteiger partial charge in [-0.15, -0.1) is 0 Å². The van der Waals surface area contributed by atoms with E-state index in [0.29, 0.717) is 48.2 Å². The van der Waals surface area contributed by atoms with E-state index in [1.54, 1.807) is 47.4 Å². The van der Waals surface area contributed by atoms with Gasteiger partial charge in [-0.3, -0.25) is 9.59 Å². The van der Waals surface area contributed by atoms with Gasteiger partial charge in [0.1, 0.15) is 11.5 Å². The lowest BCUT2D eigenvalue weighted by Gasteiger charge is -2.19. The van der Waals surface area contributed by atoms with Crippen molar-refractivity contribution in [2.45, 2.75) is 38.3 Å². The molecule has 0 bridgehead atoms. The normalized spacial score (nSPS) is 15.8. The first-order valence-electron chi connectivity index (χ1n) is 10.1. The Labute approximate surface area is 175 Å². The Morgan fingerprint density at radius 1 is 1.10 bits per heavy atom. The molecule has 156 valence electrons. The first-order valence-corrected chi connectivity index (χ1v) is 10.1. The van der Waals surface area contributed by atoms with Crippen LogP contribution in [0, 0.1) is 0 Å². The number of carbonyl (C=O) groups is 3. The second-order valence-corrected chi connectivity index (χ2v) is 7.61. The van der Waals surface area contributed by atoms with Gasteiger partial charge in [-0.25, -0.2) is 4.79 Å². The maximum absolute atomic E-state index is 12.2. The lowest BCUT2D eigenvalue weighted by molar-refractivity contribution is -0.128. The van der Waals surface area contributed by atoms with Gasteiger partial charge in [-0.1, -0.05) is 6.07 Å². The van der Waals surface area contributed by atoms with Gasteiger partial charge < -0.3 is 19.7 Å². The molecule has 1 N–H and O–H groups in total. The van der Waals surface area contributed by atoms with E-state index < -0.39 is 5.97 Å². The molecule has 0 spiro atoms. The second kappa shape index (κ2) is 8.57. The molecule has 1 aliphatic carbocycles. The summed E-state index contributed by atoms with van der Waals surface area (Å²) in [5.41, 5.74) is 1.73. The molecule has 1 saturated heterocycles. The van der Waals surface area contributed by atoms with Gasteiger partial charge in [0.05, 0.1) is 12.7 Å². The predicted octanol–water partition coefficient (Wildman–Crippen LogP) is 3.28. The highest BCUT2D eigenvalue weighted by Gasteiger charge is 2.24. The summed E-state index contributed by atoms with van der Waals surface area (Å²) in [6.07, 6.45) is 3.47. The molecule has 30 heavy (non-hydrogen) atoms. The molecule has 2 aromatic rings. The van der Waals surface area contributed by atoms with Crippen LogP contribution >= 0.6 is 0 Å². The smallest absolute Gasteiger partial charge is 0.337 e. The molecular weight excluding hydrogens is 384 g/mol. The summed E-state index contributed by atoms with van der Waals surface area (Å²) in [5, 5.41) is 2.95. The van der Waals surface area contributed by atoms with Crippen molar-refractivity contribution in [1.29, 1.82) is 0 Å². The molecule has 4 rings (SSSR count). The number of methoxy groups -OCH3 is 1. The maximum atomic E-state index is 12.2. The minimum atomic E-state index is -0.462. The third-order valence-electron chi connectivity index (χ3n) is 5.28. The lowest BCUT2D eigenvalue weighted by Crippen LogP contribution is -2.25. The zero-order valence-corrected chi connectivity index (χ0v) is 16.8. The average Bonchev–Trinajstić information content (AvgIpc) is 3.48. The quantitative estimate of drug-likeness (QED) is 0.711. The van der Waals surface area contributed by atoms with Crippen LogP contribution in [0.3, 0.4) is 0 Å². The van der Waals surface area contributed by atoms with E-state index in [1.165, 1.54) is 7.11 Å². The molecule has 1 saturated carbocycles. The van der Waals surface area contributed by atoms with E-state index in [4.69, 9.17) is 9.47 Å².